The number of rotatable bonds is 0. The smallest absolute Gasteiger partial charge is 0.410 e. The highest BCUT2D eigenvalue weighted by atomic mass is 16.6. The predicted molar refractivity (Wildman–Crippen MR) is 91.0 cm³/mol. The van der Waals surface area contributed by atoms with Crippen LogP contribution in [0.25, 0.3) is 0 Å². The molecule has 4 heteroatoms. The molecule has 3 heterocycles. The van der Waals surface area contributed by atoms with E-state index in [1.165, 1.54) is 29.7 Å². The van der Waals surface area contributed by atoms with Crippen LogP contribution in [0.3, 0.4) is 0 Å². The summed E-state index contributed by atoms with van der Waals surface area (Å²) in [7, 11) is 0. The van der Waals surface area contributed by atoms with Crippen LogP contribution in [0.4, 0.5) is 10.5 Å². The number of hydrogen-bond acceptors (Lipinski definition) is 3. The van der Waals surface area contributed by atoms with Crippen LogP contribution < -0.4 is 4.90 Å². The molecule has 3 aliphatic rings. The Bertz CT molecular complexity index is 635. The molecule has 3 aliphatic heterocycles. The standard InChI is InChI=1S/C19H26N2O2/c1-19(2,3)23-18(22)21-11-14-10-20-9-5-7-13-6-4-8-15(17(13)20)16(14)12-21/h4,6,8,14,16H,5,7,9-12H2,1-3H3. The maximum atomic E-state index is 12.4. The third-order valence-electron chi connectivity index (χ3n) is 5.29. The minimum Gasteiger partial charge on any atom is -0.444 e. The topological polar surface area (TPSA) is 32.8 Å². The minimum atomic E-state index is -0.426. The van der Waals surface area contributed by atoms with Crippen LogP contribution in [0.1, 0.15) is 44.2 Å². The maximum Gasteiger partial charge on any atom is 0.410 e. The quantitative estimate of drug-likeness (QED) is 0.736. The van der Waals surface area contributed by atoms with Gasteiger partial charge in [-0.15, -0.1) is 0 Å². The fourth-order valence-electron chi connectivity index (χ4n) is 4.42. The zero-order valence-corrected chi connectivity index (χ0v) is 14.3. The first-order valence-corrected chi connectivity index (χ1v) is 8.77. The minimum absolute atomic E-state index is 0.161. The summed E-state index contributed by atoms with van der Waals surface area (Å²) in [5.41, 5.74) is 3.98. The van der Waals surface area contributed by atoms with Gasteiger partial charge in [0.2, 0.25) is 0 Å². The number of amides is 1. The first-order chi connectivity index (χ1) is 10.9. The highest BCUT2D eigenvalue weighted by Gasteiger charge is 2.43. The molecule has 1 aromatic carbocycles. The number of likely N-dealkylation sites (tertiary alicyclic amines) is 1. The first-order valence-electron chi connectivity index (χ1n) is 8.77. The van der Waals surface area contributed by atoms with Gasteiger partial charge in [0, 0.05) is 43.7 Å². The van der Waals surface area contributed by atoms with Crippen molar-refractivity contribution in [3.8, 4) is 0 Å². The summed E-state index contributed by atoms with van der Waals surface area (Å²) in [6, 6.07) is 6.73. The van der Waals surface area contributed by atoms with Crippen molar-refractivity contribution in [2.24, 2.45) is 5.92 Å². The number of ether oxygens (including phenoxy) is 1. The molecule has 4 rings (SSSR count). The molecule has 0 aromatic heterocycles. The zero-order chi connectivity index (χ0) is 16.2. The van der Waals surface area contributed by atoms with Crippen LogP contribution in [-0.2, 0) is 11.2 Å². The van der Waals surface area contributed by atoms with Gasteiger partial charge in [-0.2, -0.15) is 0 Å². The van der Waals surface area contributed by atoms with Gasteiger partial charge < -0.3 is 14.5 Å². The van der Waals surface area contributed by atoms with Crippen molar-refractivity contribution in [2.45, 2.75) is 45.1 Å². The lowest BCUT2D eigenvalue weighted by Crippen LogP contribution is -2.41. The molecular weight excluding hydrogens is 288 g/mol. The Hall–Kier alpha value is -1.71. The van der Waals surface area contributed by atoms with Gasteiger partial charge in [-0.25, -0.2) is 4.79 Å². The van der Waals surface area contributed by atoms with Crippen LogP contribution in [0.5, 0.6) is 0 Å². The van der Waals surface area contributed by atoms with Crippen molar-refractivity contribution >= 4 is 11.8 Å². The van der Waals surface area contributed by atoms with Crippen molar-refractivity contribution in [1.82, 2.24) is 4.90 Å². The molecule has 4 nitrogen and oxygen atoms in total. The molecule has 1 fully saturated rings. The number of benzene rings is 1. The summed E-state index contributed by atoms with van der Waals surface area (Å²) in [4.78, 5) is 16.9. The number of hydrogen-bond donors (Lipinski definition) is 0. The van der Waals surface area contributed by atoms with Crippen LogP contribution >= 0.6 is 0 Å². The van der Waals surface area contributed by atoms with Crippen molar-refractivity contribution in [3.63, 3.8) is 0 Å². The van der Waals surface area contributed by atoms with Gasteiger partial charge in [-0.3, -0.25) is 0 Å². The lowest BCUT2D eigenvalue weighted by Gasteiger charge is -2.41. The van der Waals surface area contributed by atoms with E-state index in [0.29, 0.717) is 11.8 Å². The first kappa shape index (κ1) is 14.9. The van der Waals surface area contributed by atoms with Gasteiger partial charge in [0.25, 0.3) is 0 Å². The molecular formula is C19H26N2O2. The van der Waals surface area contributed by atoms with Gasteiger partial charge >= 0.3 is 6.09 Å². The van der Waals surface area contributed by atoms with E-state index in [2.05, 4.69) is 23.1 Å². The molecule has 0 aliphatic carbocycles. The van der Waals surface area contributed by atoms with E-state index in [4.69, 9.17) is 4.74 Å². The fourth-order valence-corrected chi connectivity index (χ4v) is 4.42. The summed E-state index contributed by atoms with van der Waals surface area (Å²) in [5, 5.41) is 0. The van der Waals surface area contributed by atoms with Gasteiger partial charge in [0.15, 0.2) is 0 Å². The van der Waals surface area contributed by atoms with E-state index >= 15 is 0 Å². The Morgan fingerprint density at radius 3 is 2.83 bits per heavy atom. The Balaban J connectivity index is 1.60. The number of anilines is 1. The summed E-state index contributed by atoms with van der Waals surface area (Å²) in [6.45, 7) is 9.64. The number of para-hydroxylation sites is 1. The molecule has 1 amide bonds. The number of carbonyl (C=O) groups is 1. The number of carbonyl (C=O) groups excluding carboxylic acids is 1. The Kier molecular flexibility index (Phi) is 3.33. The number of nitrogens with zero attached hydrogens (tertiary/aromatic N) is 2. The summed E-state index contributed by atoms with van der Waals surface area (Å²) in [6.07, 6.45) is 2.27. The summed E-state index contributed by atoms with van der Waals surface area (Å²) < 4.78 is 5.58. The molecule has 0 spiro atoms. The molecule has 23 heavy (non-hydrogen) atoms. The van der Waals surface area contributed by atoms with Crippen LogP contribution in [-0.4, -0.2) is 42.8 Å². The third-order valence-corrected chi connectivity index (χ3v) is 5.29. The van der Waals surface area contributed by atoms with Gasteiger partial charge in [-0.05, 0) is 44.7 Å². The number of fused-ring (bicyclic) bond motifs is 2. The van der Waals surface area contributed by atoms with Crippen LogP contribution in [0.2, 0.25) is 0 Å². The number of aryl methyl sites for hydroxylation is 1. The van der Waals surface area contributed by atoms with Crippen LogP contribution in [0.15, 0.2) is 18.2 Å². The van der Waals surface area contributed by atoms with Gasteiger partial charge in [-0.1, -0.05) is 18.2 Å². The fraction of sp³-hybridized carbons (Fsp3) is 0.632. The van der Waals surface area contributed by atoms with E-state index in [0.717, 1.165) is 26.2 Å². The predicted octanol–water partition coefficient (Wildman–Crippen LogP) is 3.40. The van der Waals surface area contributed by atoms with Crippen LogP contribution in [0, 0.1) is 5.92 Å². The summed E-state index contributed by atoms with van der Waals surface area (Å²) in [5.74, 6) is 0.996. The average Bonchev–Trinajstić information content (AvgIpc) is 2.90. The SMILES string of the molecule is CC(C)(C)OC(=O)N1CC2CN3CCCc4cccc(c43)C2C1. The van der Waals surface area contributed by atoms with E-state index in [9.17, 15) is 4.79 Å². The molecule has 1 saturated heterocycles. The van der Waals surface area contributed by atoms with E-state index < -0.39 is 5.60 Å². The van der Waals surface area contributed by atoms with E-state index in [1.54, 1.807) is 0 Å². The molecule has 0 saturated carbocycles. The second-order valence-corrected chi connectivity index (χ2v) is 8.16. The summed E-state index contributed by atoms with van der Waals surface area (Å²) >= 11 is 0. The van der Waals surface area contributed by atoms with Crippen molar-refractivity contribution in [1.29, 1.82) is 0 Å². The molecule has 0 N–H and O–H groups in total. The Morgan fingerprint density at radius 2 is 2.04 bits per heavy atom. The zero-order valence-electron chi connectivity index (χ0n) is 14.3. The van der Waals surface area contributed by atoms with Crippen molar-refractivity contribution in [3.05, 3.63) is 29.3 Å². The monoisotopic (exact) mass is 314 g/mol. The van der Waals surface area contributed by atoms with E-state index in [-0.39, 0.29) is 6.09 Å². The second kappa shape index (κ2) is 5.15. The molecule has 2 atom stereocenters. The largest absolute Gasteiger partial charge is 0.444 e. The van der Waals surface area contributed by atoms with Crippen molar-refractivity contribution in [2.75, 3.05) is 31.1 Å². The average molecular weight is 314 g/mol. The molecule has 0 bridgehead atoms. The van der Waals surface area contributed by atoms with E-state index in [1.807, 2.05) is 25.7 Å². The lowest BCUT2D eigenvalue weighted by atomic mass is 9.80. The maximum absolute atomic E-state index is 12.4. The normalized spacial score (nSPS) is 25.9. The van der Waals surface area contributed by atoms with Gasteiger partial charge in [0.1, 0.15) is 5.60 Å². The molecule has 2 unspecified atom stereocenters. The highest BCUT2D eigenvalue weighted by molar-refractivity contribution is 5.70. The lowest BCUT2D eigenvalue weighted by molar-refractivity contribution is 0.0287. The Labute approximate surface area is 138 Å². The molecule has 0 radical (unpaired) electrons. The third kappa shape index (κ3) is 2.58. The molecule has 124 valence electrons. The highest BCUT2D eigenvalue weighted by Crippen LogP contribution is 2.46. The Morgan fingerprint density at radius 1 is 1.22 bits per heavy atom. The molecule has 1 aromatic rings. The second-order valence-electron chi connectivity index (χ2n) is 8.16. The van der Waals surface area contributed by atoms with Gasteiger partial charge in [0.05, 0.1) is 0 Å². The van der Waals surface area contributed by atoms with Crippen molar-refractivity contribution < 1.29 is 9.53 Å².